The summed E-state index contributed by atoms with van der Waals surface area (Å²) in [5, 5.41) is 2.59. The van der Waals surface area contributed by atoms with E-state index in [1.54, 1.807) is 18.0 Å². The van der Waals surface area contributed by atoms with Crippen molar-refractivity contribution in [3.63, 3.8) is 0 Å². The van der Waals surface area contributed by atoms with Crippen LogP contribution in [0.2, 0.25) is 0 Å². The lowest BCUT2D eigenvalue weighted by Gasteiger charge is -2.39. The van der Waals surface area contributed by atoms with Gasteiger partial charge in [0.1, 0.15) is 5.75 Å². The highest BCUT2D eigenvalue weighted by Crippen LogP contribution is 2.35. The number of nitrogens with zero attached hydrogens (tertiary/aromatic N) is 2. The number of carbonyl (C=O) groups is 2. The Balaban J connectivity index is 1.45. The molecule has 0 unspecified atom stereocenters. The molecule has 2 atom stereocenters. The number of ether oxygens (including phenoxy) is 1. The molecule has 2 amide bonds. The molecule has 2 fully saturated rings. The van der Waals surface area contributed by atoms with Gasteiger partial charge >= 0.3 is 0 Å². The van der Waals surface area contributed by atoms with Crippen LogP contribution in [0.1, 0.15) is 19.3 Å². The predicted molar refractivity (Wildman–Crippen MR) is 109 cm³/mol. The Morgan fingerprint density at radius 1 is 1.14 bits per heavy atom. The van der Waals surface area contributed by atoms with Crippen LogP contribution in [-0.4, -0.2) is 75.5 Å². The Bertz CT molecular complexity index is 895. The van der Waals surface area contributed by atoms with Crippen LogP contribution in [0.3, 0.4) is 0 Å². The van der Waals surface area contributed by atoms with Gasteiger partial charge in [0.2, 0.25) is 5.91 Å². The molecule has 0 aliphatic carbocycles. The highest BCUT2D eigenvalue weighted by Gasteiger charge is 2.39. The van der Waals surface area contributed by atoms with Crippen molar-refractivity contribution in [1.29, 1.82) is 0 Å². The van der Waals surface area contributed by atoms with E-state index in [1.165, 1.54) is 0 Å². The molecule has 1 N–H and O–H groups in total. The molecule has 9 heteroatoms. The number of benzene rings is 1. The fourth-order valence-electron chi connectivity index (χ4n) is 4.54. The number of likely N-dealkylation sites (N-methyl/N-ethyl adjacent to an activating group) is 1. The minimum atomic E-state index is -2.91. The van der Waals surface area contributed by atoms with Crippen LogP contribution in [0.5, 0.6) is 5.75 Å². The van der Waals surface area contributed by atoms with Gasteiger partial charge < -0.3 is 15.0 Å². The van der Waals surface area contributed by atoms with Crippen molar-refractivity contribution in [3.05, 3.63) is 24.3 Å². The van der Waals surface area contributed by atoms with Gasteiger partial charge in [0.15, 0.2) is 15.9 Å². The highest BCUT2D eigenvalue weighted by molar-refractivity contribution is 7.91. The molecule has 3 heterocycles. The molecular formula is C20H27N3O5S. The molecule has 0 bridgehead atoms. The molecule has 0 radical (unpaired) electrons. The lowest BCUT2D eigenvalue weighted by molar-refractivity contribution is -0.128. The van der Waals surface area contributed by atoms with Crippen LogP contribution in [0.4, 0.5) is 5.69 Å². The zero-order valence-electron chi connectivity index (χ0n) is 16.5. The van der Waals surface area contributed by atoms with Gasteiger partial charge in [-0.1, -0.05) is 12.1 Å². The Morgan fingerprint density at radius 3 is 2.52 bits per heavy atom. The number of piperidine rings is 1. The number of anilines is 1. The summed E-state index contributed by atoms with van der Waals surface area (Å²) in [6.07, 6.45) is 1.34. The molecule has 4 rings (SSSR count). The molecule has 3 aliphatic heterocycles. The quantitative estimate of drug-likeness (QED) is 0.760. The number of para-hydroxylation sites is 2. The summed E-state index contributed by atoms with van der Waals surface area (Å²) in [5.41, 5.74) is 0.696. The number of fused-ring (bicyclic) bond motifs is 1. The Morgan fingerprint density at radius 2 is 1.86 bits per heavy atom. The molecule has 3 aliphatic rings. The van der Waals surface area contributed by atoms with Gasteiger partial charge in [-0.2, -0.15) is 0 Å². The first-order valence-corrected chi connectivity index (χ1v) is 11.9. The van der Waals surface area contributed by atoms with Gasteiger partial charge in [0, 0.05) is 19.0 Å². The van der Waals surface area contributed by atoms with Crippen molar-refractivity contribution < 1.29 is 22.7 Å². The molecule has 158 valence electrons. The number of likely N-dealkylation sites (tertiary alicyclic amines) is 1. The second kappa shape index (κ2) is 7.95. The van der Waals surface area contributed by atoms with E-state index in [4.69, 9.17) is 4.74 Å². The van der Waals surface area contributed by atoms with Gasteiger partial charge in [-0.3, -0.25) is 14.5 Å². The minimum Gasteiger partial charge on any atom is -0.477 e. The topological polar surface area (TPSA) is 96.0 Å². The van der Waals surface area contributed by atoms with Gasteiger partial charge in [-0.25, -0.2) is 8.42 Å². The largest absolute Gasteiger partial charge is 0.477 e. The number of rotatable bonds is 3. The molecule has 0 aromatic heterocycles. The SMILES string of the molecule is CNC(=O)[C@H]1CN(C(=O)C2CCN([C@@H]3CCS(=O)(=O)C3)CC2)c2ccccc2O1. The zero-order valence-corrected chi connectivity index (χ0v) is 17.4. The van der Waals surface area contributed by atoms with E-state index in [0.717, 1.165) is 13.1 Å². The van der Waals surface area contributed by atoms with Crippen LogP contribution in [0, 0.1) is 5.92 Å². The predicted octanol–water partition coefficient (Wildman–Crippen LogP) is 0.426. The molecule has 29 heavy (non-hydrogen) atoms. The van der Waals surface area contributed by atoms with E-state index >= 15 is 0 Å². The van der Waals surface area contributed by atoms with E-state index in [1.807, 2.05) is 18.2 Å². The average molecular weight is 422 g/mol. The highest BCUT2D eigenvalue weighted by atomic mass is 32.2. The maximum absolute atomic E-state index is 13.3. The average Bonchev–Trinajstić information content (AvgIpc) is 3.11. The summed E-state index contributed by atoms with van der Waals surface area (Å²) < 4.78 is 29.3. The Kier molecular flexibility index (Phi) is 5.52. The fraction of sp³-hybridized carbons (Fsp3) is 0.600. The summed E-state index contributed by atoms with van der Waals surface area (Å²) in [6, 6.07) is 7.37. The molecule has 8 nitrogen and oxygen atoms in total. The Labute approximate surface area is 171 Å². The molecule has 1 aromatic rings. The third-order valence-electron chi connectivity index (χ3n) is 6.18. The van der Waals surface area contributed by atoms with Crippen molar-refractivity contribution in [3.8, 4) is 5.75 Å². The summed E-state index contributed by atoms with van der Waals surface area (Å²) in [6.45, 7) is 1.64. The zero-order chi connectivity index (χ0) is 20.6. The lowest BCUT2D eigenvalue weighted by atomic mass is 9.93. The van der Waals surface area contributed by atoms with Crippen LogP contribution < -0.4 is 15.0 Å². The molecule has 1 aromatic carbocycles. The molecular weight excluding hydrogens is 394 g/mol. The van der Waals surface area contributed by atoms with Gasteiger partial charge in [0.05, 0.1) is 23.7 Å². The van der Waals surface area contributed by atoms with Crippen LogP contribution >= 0.6 is 0 Å². The first-order valence-electron chi connectivity index (χ1n) is 10.1. The van der Waals surface area contributed by atoms with Crippen molar-refractivity contribution in [1.82, 2.24) is 10.2 Å². The van der Waals surface area contributed by atoms with Crippen LogP contribution in [-0.2, 0) is 19.4 Å². The number of carbonyl (C=O) groups excluding carboxylic acids is 2. The summed E-state index contributed by atoms with van der Waals surface area (Å²) >= 11 is 0. The fourth-order valence-corrected chi connectivity index (χ4v) is 6.30. The Hall–Kier alpha value is -2.13. The third kappa shape index (κ3) is 4.11. The first kappa shape index (κ1) is 20.2. The monoisotopic (exact) mass is 421 g/mol. The van der Waals surface area contributed by atoms with Gasteiger partial charge in [-0.15, -0.1) is 0 Å². The third-order valence-corrected chi connectivity index (χ3v) is 7.93. The number of sulfone groups is 1. The van der Waals surface area contributed by atoms with Crippen LogP contribution in [0.25, 0.3) is 0 Å². The van der Waals surface area contributed by atoms with Crippen LogP contribution in [0.15, 0.2) is 24.3 Å². The number of hydrogen-bond donors (Lipinski definition) is 1. The van der Waals surface area contributed by atoms with E-state index in [-0.39, 0.29) is 41.8 Å². The summed E-state index contributed by atoms with van der Waals surface area (Å²) in [4.78, 5) is 29.4. The second-order valence-corrected chi connectivity index (χ2v) is 10.2. The van der Waals surface area contributed by atoms with Gasteiger partial charge in [0.25, 0.3) is 5.91 Å². The summed E-state index contributed by atoms with van der Waals surface area (Å²) in [5.74, 6) is 0.649. The normalized spacial score (nSPS) is 27.1. The van der Waals surface area contributed by atoms with E-state index in [2.05, 4.69) is 10.2 Å². The molecule has 0 saturated carbocycles. The number of nitrogens with one attached hydrogen (secondary N) is 1. The van der Waals surface area contributed by atoms with Crippen molar-refractivity contribution in [2.45, 2.75) is 31.4 Å². The van der Waals surface area contributed by atoms with E-state index in [0.29, 0.717) is 30.7 Å². The standard InChI is InChI=1S/C20H27N3O5S/c1-21-19(24)18-12-23(16-4-2-3-5-17(16)28-18)20(25)14-6-9-22(10-7-14)15-8-11-29(26,27)13-15/h2-5,14-15,18H,6-13H2,1H3,(H,21,24)/t15-,18-/m1/s1. The first-order chi connectivity index (χ1) is 13.9. The smallest absolute Gasteiger partial charge is 0.262 e. The molecule has 0 spiro atoms. The van der Waals surface area contributed by atoms with Crippen molar-refractivity contribution in [2.75, 3.05) is 43.1 Å². The maximum atomic E-state index is 13.3. The maximum Gasteiger partial charge on any atom is 0.262 e. The van der Waals surface area contributed by atoms with E-state index < -0.39 is 15.9 Å². The van der Waals surface area contributed by atoms with Gasteiger partial charge in [-0.05, 0) is 44.5 Å². The van der Waals surface area contributed by atoms with Crippen molar-refractivity contribution in [2.24, 2.45) is 5.92 Å². The second-order valence-electron chi connectivity index (χ2n) is 8.00. The lowest BCUT2D eigenvalue weighted by Crippen LogP contribution is -2.53. The number of hydrogen-bond acceptors (Lipinski definition) is 6. The number of amides is 2. The van der Waals surface area contributed by atoms with E-state index in [9.17, 15) is 18.0 Å². The van der Waals surface area contributed by atoms with Crippen molar-refractivity contribution >= 4 is 27.3 Å². The molecule has 2 saturated heterocycles. The summed E-state index contributed by atoms with van der Waals surface area (Å²) in [7, 11) is -1.36. The minimum absolute atomic E-state index is 0.00773.